The Morgan fingerprint density at radius 2 is 1.13 bits per heavy atom. The highest BCUT2D eigenvalue weighted by Gasteiger charge is 2.15. The lowest BCUT2D eigenvalue weighted by Crippen LogP contribution is -2.25. The molecule has 2 N–H and O–H groups in total. The zero-order chi connectivity index (χ0) is 26.1. The van der Waals surface area contributed by atoms with E-state index in [1.165, 1.54) is 5.56 Å². The smallest absolute Gasteiger partial charge is 0.330 e. The van der Waals surface area contributed by atoms with Gasteiger partial charge in [-0.05, 0) is 41.8 Å². The predicted molar refractivity (Wildman–Crippen MR) is 158 cm³/mol. The number of benzene rings is 4. The summed E-state index contributed by atoms with van der Waals surface area (Å²) in [5, 5.41) is 6.71. The molecule has 0 saturated heterocycles. The van der Waals surface area contributed by atoms with Gasteiger partial charge in [-0.15, -0.1) is 0 Å². The quantitative estimate of drug-likeness (QED) is 0.156. The van der Waals surface area contributed by atoms with Crippen molar-refractivity contribution in [1.82, 2.24) is 0 Å². The summed E-state index contributed by atoms with van der Waals surface area (Å²) in [6, 6.07) is 38.4. The molecule has 192 valence electrons. The Kier molecular flexibility index (Phi) is 11.8. The van der Waals surface area contributed by atoms with Crippen molar-refractivity contribution in [3.63, 3.8) is 0 Å². The summed E-state index contributed by atoms with van der Waals surface area (Å²) < 4.78 is 18.0. The van der Waals surface area contributed by atoms with Gasteiger partial charge in [-0.3, -0.25) is 0 Å². The van der Waals surface area contributed by atoms with E-state index >= 15 is 0 Å². The van der Waals surface area contributed by atoms with Crippen molar-refractivity contribution in [3.05, 3.63) is 126 Å². The third-order valence-corrected chi connectivity index (χ3v) is 5.93. The van der Waals surface area contributed by atoms with Crippen molar-refractivity contribution in [2.75, 3.05) is 43.5 Å². The second-order valence-corrected chi connectivity index (χ2v) is 8.73. The van der Waals surface area contributed by atoms with E-state index in [-0.39, 0.29) is 6.00 Å². The van der Waals surface area contributed by atoms with Gasteiger partial charge in [0.25, 0.3) is 0 Å². The molecule has 4 rings (SSSR count). The Labute approximate surface area is 228 Å². The van der Waals surface area contributed by atoms with Gasteiger partial charge in [0.15, 0.2) is 0 Å². The number of ether oxygens (including phenoxy) is 1. The largest absolute Gasteiger partial charge is 0.435 e. The molecule has 0 aliphatic carbocycles. The first-order valence-corrected chi connectivity index (χ1v) is 13.1. The second-order valence-electron chi connectivity index (χ2n) is 8.73. The fourth-order valence-electron chi connectivity index (χ4n) is 3.95. The van der Waals surface area contributed by atoms with Crippen molar-refractivity contribution >= 4 is 31.8 Å². The summed E-state index contributed by atoms with van der Waals surface area (Å²) in [6.07, 6.45) is 0.769. The molecule has 0 aliphatic heterocycles. The van der Waals surface area contributed by atoms with Gasteiger partial charge in [0.1, 0.15) is 0 Å². The molecule has 0 bridgehead atoms. The molecule has 38 heavy (non-hydrogen) atoms. The number of hydrogen-bond acceptors (Lipinski definition) is 5. The molecule has 0 spiro atoms. The fourth-order valence-corrected chi connectivity index (χ4v) is 3.95. The molecule has 4 aromatic rings. The van der Waals surface area contributed by atoms with E-state index in [4.69, 9.17) is 14.0 Å². The predicted octanol–water partition coefficient (Wildman–Crippen LogP) is 5.07. The van der Waals surface area contributed by atoms with Gasteiger partial charge in [0.05, 0.1) is 12.6 Å². The molecule has 2 radical (unpaired) electrons. The molecule has 0 amide bonds. The molecule has 0 heterocycles. The van der Waals surface area contributed by atoms with Gasteiger partial charge in [0, 0.05) is 37.7 Å². The number of anilines is 2. The lowest BCUT2D eigenvalue weighted by atomic mass is 9.82. The minimum Gasteiger partial charge on any atom is -0.435 e. The van der Waals surface area contributed by atoms with Crippen molar-refractivity contribution < 1.29 is 14.0 Å². The second kappa shape index (κ2) is 16.4. The normalized spacial score (nSPS) is 11.5. The van der Waals surface area contributed by atoms with Crippen LogP contribution in [-0.4, -0.2) is 47.9 Å². The molecule has 4 aromatic carbocycles. The van der Waals surface area contributed by atoms with Crippen LogP contribution in [0.2, 0.25) is 0 Å². The summed E-state index contributed by atoms with van der Waals surface area (Å²) in [4.78, 5) is 0. The summed E-state index contributed by atoms with van der Waals surface area (Å²) in [5.74, 6) is 0. The fraction of sp³-hybridized carbons (Fsp3) is 0.226. The highest BCUT2D eigenvalue weighted by Crippen LogP contribution is 2.17. The van der Waals surface area contributed by atoms with Crippen LogP contribution >= 0.6 is 0 Å². The van der Waals surface area contributed by atoms with Gasteiger partial charge in [-0.1, -0.05) is 96.5 Å². The third kappa shape index (κ3) is 9.75. The van der Waals surface area contributed by atoms with Gasteiger partial charge in [-0.25, -0.2) is 0 Å². The van der Waals surface area contributed by atoms with Crippen LogP contribution in [0.15, 0.2) is 115 Å². The molecule has 1 unspecified atom stereocenters. The van der Waals surface area contributed by atoms with E-state index < -0.39 is 0 Å². The van der Waals surface area contributed by atoms with E-state index in [1.807, 2.05) is 98.5 Å². The molecular formula is C31H34B2N2O3. The standard InChI is InChI=1S/C31H34B2N2O3/c1-4-13-27(14-5-1)31(33-38-25-22-35-29-17-8-3-9-18-29)36-23-20-26-12-10-11-19-30(26)32-37-24-21-34-28-15-6-2-7-16-28/h1-19,31,34-35H,20-25H2. The Bertz CT molecular complexity index is 1170. The highest BCUT2D eigenvalue weighted by molar-refractivity contribution is 6.47. The van der Waals surface area contributed by atoms with Gasteiger partial charge in [-0.2, -0.15) is 0 Å². The van der Waals surface area contributed by atoms with Crippen molar-refractivity contribution in [2.24, 2.45) is 0 Å². The Morgan fingerprint density at radius 3 is 1.79 bits per heavy atom. The van der Waals surface area contributed by atoms with Crippen LogP contribution in [0.5, 0.6) is 0 Å². The molecule has 5 nitrogen and oxygen atoms in total. The molecule has 0 aromatic heterocycles. The first-order chi connectivity index (χ1) is 18.9. The lowest BCUT2D eigenvalue weighted by molar-refractivity contribution is 0.0956. The van der Waals surface area contributed by atoms with E-state index in [0.717, 1.165) is 35.4 Å². The third-order valence-electron chi connectivity index (χ3n) is 5.93. The summed E-state index contributed by atoms with van der Waals surface area (Å²) >= 11 is 0. The summed E-state index contributed by atoms with van der Waals surface area (Å²) in [5.41, 5.74) is 5.49. The maximum atomic E-state index is 6.28. The number of para-hydroxylation sites is 2. The zero-order valence-electron chi connectivity index (χ0n) is 21.7. The van der Waals surface area contributed by atoms with Gasteiger partial charge < -0.3 is 24.7 Å². The molecule has 0 saturated carbocycles. The van der Waals surface area contributed by atoms with Crippen LogP contribution in [0.3, 0.4) is 0 Å². The molecule has 1 atom stereocenters. The number of hydrogen-bond donors (Lipinski definition) is 2. The Morgan fingerprint density at radius 1 is 0.579 bits per heavy atom. The van der Waals surface area contributed by atoms with Crippen molar-refractivity contribution in [1.29, 1.82) is 0 Å². The van der Waals surface area contributed by atoms with Gasteiger partial charge in [0.2, 0.25) is 0 Å². The topological polar surface area (TPSA) is 51.8 Å². The average molecular weight is 504 g/mol. The van der Waals surface area contributed by atoms with Crippen molar-refractivity contribution in [2.45, 2.75) is 12.4 Å². The molecule has 0 aliphatic rings. The van der Waals surface area contributed by atoms with Crippen LogP contribution in [0.25, 0.3) is 0 Å². The molecule has 7 heteroatoms. The highest BCUT2D eigenvalue weighted by atomic mass is 16.5. The van der Waals surface area contributed by atoms with E-state index in [2.05, 4.69) is 34.9 Å². The van der Waals surface area contributed by atoms with E-state index in [0.29, 0.717) is 26.4 Å². The lowest BCUT2D eigenvalue weighted by Gasteiger charge is -2.18. The van der Waals surface area contributed by atoms with Crippen LogP contribution in [0.4, 0.5) is 11.4 Å². The summed E-state index contributed by atoms with van der Waals surface area (Å²) in [7, 11) is 3.63. The zero-order valence-corrected chi connectivity index (χ0v) is 21.7. The van der Waals surface area contributed by atoms with Gasteiger partial charge >= 0.3 is 15.0 Å². The van der Waals surface area contributed by atoms with E-state index in [9.17, 15) is 0 Å². The van der Waals surface area contributed by atoms with Crippen LogP contribution in [0.1, 0.15) is 17.1 Å². The maximum absolute atomic E-state index is 6.28. The Balaban J connectivity index is 1.20. The first-order valence-electron chi connectivity index (χ1n) is 13.1. The van der Waals surface area contributed by atoms with Crippen LogP contribution < -0.4 is 16.1 Å². The first kappa shape index (κ1) is 27.5. The number of rotatable bonds is 17. The minimum absolute atomic E-state index is 0.246. The average Bonchev–Trinajstić information content (AvgIpc) is 2.98. The van der Waals surface area contributed by atoms with Crippen LogP contribution in [0, 0.1) is 0 Å². The SMILES string of the molecule is [B](OCCNc1ccccc1)c1ccccc1CCOC([B]OCCNc1ccccc1)c1ccccc1. The van der Waals surface area contributed by atoms with E-state index in [1.54, 1.807) is 7.48 Å². The maximum Gasteiger partial charge on any atom is 0.330 e. The Hall–Kier alpha value is -3.51. The number of nitrogens with one attached hydrogen (secondary N) is 2. The van der Waals surface area contributed by atoms with Crippen LogP contribution in [-0.2, 0) is 20.5 Å². The molecular weight excluding hydrogens is 470 g/mol. The monoisotopic (exact) mass is 504 g/mol. The summed E-state index contributed by atoms with van der Waals surface area (Å²) in [6.45, 7) is 3.15. The molecule has 0 fully saturated rings. The van der Waals surface area contributed by atoms with Crippen molar-refractivity contribution in [3.8, 4) is 0 Å². The minimum atomic E-state index is -0.246.